The van der Waals surface area contributed by atoms with Gasteiger partial charge in [-0.2, -0.15) is 0 Å². The first kappa shape index (κ1) is 16.1. The summed E-state index contributed by atoms with van der Waals surface area (Å²) in [5, 5.41) is 6.18. The van der Waals surface area contributed by atoms with Gasteiger partial charge >= 0.3 is 0 Å². The monoisotopic (exact) mass is 343 g/mol. The van der Waals surface area contributed by atoms with Crippen LogP contribution in [0.4, 0.5) is 10.1 Å². The summed E-state index contributed by atoms with van der Waals surface area (Å²) in [5.41, 5.74) is 1.83. The van der Waals surface area contributed by atoms with Gasteiger partial charge in [0.1, 0.15) is 5.82 Å². The number of fused-ring (bicyclic) bond motifs is 1. The number of nitrogens with one attached hydrogen (secondary N) is 2. The van der Waals surface area contributed by atoms with E-state index in [1.54, 1.807) is 17.4 Å². The molecule has 0 saturated heterocycles. The van der Waals surface area contributed by atoms with E-state index in [4.69, 9.17) is 0 Å². The average molecular weight is 343 g/mol. The lowest BCUT2D eigenvalue weighted by atomic mass is 10.2. The first-order valence-corrected chi connectivity index (χ1v) is 8.04. The Bertz CT molecular complexity index is 906. The van der Waals surface area contributed by atoms with Gasteiger partial charge in [0.05, 0.1) is 21.8 Å². The Morgan fingerprint density at radius 1 is 1.17 bits per heavy atom. The highest BCUT2D eigenvalue weighted by Crippen LogP contribution is 2.24. The number of anilines is 1. The minimum atomic E-state index is -0.432. The standard InChI is InChI=1S/C17H14FN3O2S/c1-10-20-14-7-6-13(8-15(14)24-10)21-16(22)9-19-17(23)11-2-4-12(18)5-3-11/h2-8H,9H2,1H3,(H,19,23)(H,21,22). The zero-order valence-electron chi connectivity index (χ0n) is 12.8. The largest absolute Gasteiger partial charge is 0.343 e. The van der Waals surface area contributed by atoms with Crippen LogP contribution in [0.1, 0.15) is 15.4 Å². The second-order valence-corrected chi connectivity index (χ2v) is 6.39. The SMILES string of the molecule is Cc1nc2ccc(NC(=O)CNC(=O)c3ccc(F)cc3)cc2s1. The number of hydrogen-bond acceptors (Lipinski definition) is 4. The second-order valence-electron chi connectivity index (χ2n) is 5.15. The van der Waals surface area contributed by atoms with Crippen molar-refractivity contribution in [3.05, 3.63) is 58.9 Å². The van der Waals surface area contributed by atoms with Gasteiger partial charge in [0.15, 0.2) is 0 Å². The topological polar surface area (TPSA) is 71.1 Å². The van der Waals surface area contributed by atoms with Gasteiger partial charge in [0.2, 0.25) is 5.91 Å². The lowest BCUT2D eigenvalue weighted by Gasteiger charge is -2.07. The predicted molar refractivity (Wildman–Crippen MR) is 91.7 cm³/mol. The molecule has 0 aliphatic heterocycles. The third-order valence-corrected chi connectivity index (χ3v) is 4.23. The lowest BCUT2D eigenvalue weighted by molar-refractivity contribution is -0.115. The number of amides is 2. The van der Waals surface area contributed by atoms with E-state index in [2.05, 4.69) is 15.6 Å². The predicted octanol–water partition coefficient (Wildman–Crippen LogP) is 3.11. The molecule has 0 spiro atoms. The highest BCUT2D eigenvalue weighted by molar-refractivity contribution is 7.18. The maximum absolute atomic E-state index is 12.8. The van der Waals surface area contributed by atoms with E-state index >= 15 is 0 Å². The molecule has 2 aromatic carbocycles. The molecular weight excluding hydrogens is 329 g/mol. The minimum absolute atomic E-state index is 0.171. The fourth-order valence-electron chi connectivity index (χ4n) is 2.19. The van der Waals surface area contributed by atoms with Gasteiger partial charge in [-0.25, -0.2) is 9.37 Å². The smallest absolute Gasteiger partial charge is 0.251 e. The van der Waals surface area contributed by atoms with Crippen LogP contribution >= 0.6 is 11.3 Å². The summed E-state index contributed by atoms with van der Waals surface area (Å²) in [4.78, 5) is 28.2. The van der Waals surface area contributed by atoms with Crippen molar-refractivity contribution in [3.8, 4) is 0 Å². The number of thiazole rings is 1. The van der Waals surface area contributed by atoms with Gasteiger partial charge in [-0.05, 0) is 49.4 Å². The number of aryl methyl sites for hydroxylation is 1. The van der Waals surface area contributed by atoms with E-state index in [9.17, 15) is 14.0 Å². The maximum Gasteiger partial charge on any atom is 0.251 e. The molecule has 1 aromatic heterocycles. The fourth-order valence-corrected chi connectivity index (χ4v) is 3.05. The fraction of sp³-hybridized carbons (Fsp3) is 0.118. The molecule has 0 saturated carbocycles. The molecule has 24 heavy (non-hydrogen) atoms. The van der Waals surface area contributed by atoms with Gasteiger partial charge in [-0.1, -0.05) is 0 Å². The van der Waals surface area contributed by atoms with Crippen LogP contribution in [-0.2, 0) is 4.79 Å². The number of halogens is 1. The highest BCUT2D eigenvalue weighted by Gasteiger charge is 2.09. The van der Waals surface area contributed by atoms with E-state index in [0.29, 0.717) is 11.3 Å². The third kappa shape index (κ3) is 3.75. The Morgan fingerprint density at radius 2 is 1.92 bits per heavy atom. The van der Waals surface area contributed by atoms with Gasteiger partial charge in [0, 0.05) is 11.3 Å². The zero-order chi connectivity index (χ0) is 17.1. The number of benzene rings is 2. The molecule has 0 atom stereocenters. The summed E-state index contributed by atoms with van der Waals surface area (Å²) in [7, 11) is 0. The van der Waals surface area contributed by atoms with Crippen molar-refractivity contribution in [2.24, 2.45) is 0 Å². The van der Waals surface area contributed by atoms with Gasteiger partial charge < -0.3 is 10.6 Å². The first-order valence-electron chi connectivity index (χ1n) is 7.22. The molecule has 5 nitrogen and oxygen atoms in total. The van der Waals surface area contributed by atoms with Gasteiger partial charge in [-0.3, -0.25) is 9.59 Å². The normalized spacial score (nSPS) is 10.6. The van der Waals surface area contributed by atoms with Crippen LogP contribution in [0.3, 0.4) is 0 Å². The molecule has 0 aliphatic rings. The molecule has 2 amide bonds. The number of carbonyl (C=O) groups excluding carboxylic acids is 2. The summed E-state index contributed by atoms with van der Waals surface area (Å²) in [6.07, 6.45) is 0. The molecule has 0 aliphatic carbocycles. The van der Waals surface area contributed by atoms with Crippen molar-refractivity contribution in [1.82, 2.24) is 10.3 Å². The van der Waals surface area contributed by atoms with E-state index in [1.807, 2.05) is 19.1 Å². The van der Waals surface area contributed by atoms with Crippen molar-refractivity contribution >= 4 is 39.1 Å². The molecule has 1 heterocycles. The number of rotatable bonds is 4. The summed E-state index contributed by atoms with van der Waals surface area (Å²) < 4.78 is 13.8. The van der Waals surface area contributed by atoms with E-state index in [-0.39, 0.29) is 12.5 Å². The number of hydrogen-bond donors (Lipinski definition) is 2. The molecule has 7 heteroatoms. The first-order chi connectivity index (χ1) is 11.5. The molecule has 0 unspecified atom stereocenters. The van der Waals surface area contributed by atoms with E-state index in [0.717, 1.165) is 15.2 Å². The van der Waals surface area contributed by atoms with E-state index in [1.165, 1.54) is 24.3 Å². The van der Waals surface area contributed by atoms with Crippen LogP contribution in [0.5, 0.6) is 0 Å². The van der Waals surface area contributed by atoms with Crippen LogP contribution in [0, 0.1) is 12.7 Å². The Hall–Kier alpha value is -2.80. The van der Waals surface area contributed by atoms with Crippen molar-refractivity contribution in [2.75, 3.05) is 11.9 Å². The maximum atomic E-state index is 12.8. The van der Waals surface area contributed by atoms with Crippen molar-refractivity contribution in [3.63, 3.8) is 0 Å². The van der Waals surface area contributed by atoms with Gasteiger partial charge in [-0.15, -0.1) is 11.3 Å². The molecule has 0 bridgehead atoms. The Kier molecular flexibility index (Phi) is 4.52. The van der Waals surface area contributed by atoms with Crippen molar-refractivity contribution < 1.29 is 14.0 Å². The highest BCUT2D eigenvalue weighted by atomic mass is 32.1. The molecule has 0 fully saturated rings. The average Bonchev–Trinajstić information content (AvgIpc) is 2.92. The number of nitrogens with zero attached hydrogens (tertiary/aromatic N) is 1. The Balaban J connectivity index is 1.58. The molecular formula is C17H14FN3O2S. The van der Waals surface area contributed by atoms with Crippen LogP contribution in [0.15, 0.2) is 42.5 Å². The molecule has 3 aromatic rings. The summed E-state index contributed by atoms with van der Waals surface area (Å²) in [5.74, 6) is -1.19. The summed E-state index contributed by atoms with van der Waals surface area (Å²) in [6.45, 7) is 1.75. The van der Waals surface area contributed by atoms with Crippen LogP contribution in [-0.4, -0.2) is 23.3 Å². The number of carbonyl (C=O) groups is 2. The lowest BCUT2D eigenvalue weighted by Crippen LogP contribution is -2.32. The van der Waals surface area contributed by atoms with Crippen LogP contribution in [0.2, 0.25) is 0 Å². The summed E-state index contributed by atoms with van der Waals surface area (Å²) >= 11 is 1.55. The minimum Gasteiger partial charge on any atom is -0.343 e. The summed E-state index contributed by atoms with van der Waals surface area (Å²) in [6, 6.07) is 10.6. The molecule has 0 radical (unpaired) electrons. The number of aromatic nitrogens is 1. The quantitative estimate of drug-likeness (QED) is 0.765. The van der Waals surface area contributed by atoms with E-state index < -0.39 is 11.7 Å². The van der Waals surface area contributed by atoms with Crippen molar-refractivity contribution in [2.45, 2.75) is 6.92 Å². The third-order valence-electron chi connectivity index (χ3n) is 3.30. The molecule has 2 N–H and O–H groups in total. The van der Waals surface area contributed by atoms with Crippen molar-refractivity contribution in [1.29, 1.82) is 0 Å². The second kappa shape index (κ2) is 6.76. The van der Waals surface area contributed by atoms with Crippen LogP contribution in [0.25, 0.3) is 10.2 Å². The molecule has 122 valence electrons. The molecule has 3 rings (SSSR count). The Labute approximate surface area is 141 Å². The van der Waals surface area contributed by atoms with Crippen LogP contribution < -0.4 is 10.6 Å². The zero-order valence-corrected chi connectivity index (χ0v) is 13.6. The van der Waals surface area contributed by atoms with Gasteiger partial charge in [0.25, 0.3) is 5.91 Å². The Morgan fingerprint density at radius 3 is 2.67 bits per heavy atom.